The summed E-state index contributed by atoms with van der Waals surface area (Å²) in [4.78, 5) is 0. The Labute approximate surface area is 127 Å². The van der Waals surface area contributed by atoms with Gasteiger partial charge in [-0.25, -0.2) is 0 Å². The van der Waals surface area contributed by atoms with Crippen LogP contribution in [0.25, 0.3) is 0 Å². The molecule has 5 nitrogen and oxygen atoms in total. The van der Waals surface area contributed by atoms with E-state index in [2.05, 4.69) is 0 Å². The topological polar surface area (TPSA) is 78.4 Å². The van der Waals surface area contributed by atoms with Crippen LogP contribution in [0.3, 0.4) is 0 Å². The summed E-state index contributed by atoms with van der Waals surface area (Å²) in [6.07, 6.45) is -12.0. The van der Waals surface area contributed by atoms with E-state index < -0.39 is 33.7 Å². The summed E-state index contributed by atoms with van der Waals surface area (Å²) < 4.78 is 103. The first-order chi connectivity index (χ1) is 10.2. The van der Waals surface area contributed by atoms with Crippen molar-refractivity contribution >= 4 is 15.9 Å². The zero-order valence-electron chi connectivity index (χ0n) is 11.5. The van der Waals surface area contributed by atoms with Gasteiger partial charge < -0.3 is 5.11 Å². The number of hydrogen-bond acceptors (Lipinski definition) is 3. The van der Waals surface area contributed by atoms with Crippen LogP contribution in [0.15, 0.2) is 24.3 Å². The van der Waals surface area contributed by atoms with Crippen LogP contribution in [0.4, 0.5) is 32.0 Å². The molecule has 0 saturated heterocycles. The second-order valence-electron chi connectivity index (χ2n) is 4.39. The van der Waals surface area contributed by atoms with Gasteiger partial charge >= 0.3 is 12.4 Å². The third-order valence-electron chi connectivity index (χ3n) is 2.71. The highest BCUT2D eigenvalue weighted by molar-refractivity contribution is 7.90. The molecule has 1 aromatic rings. The minimum Gasteiger partial charge on any atom is -0.369 e. The van der Waals surface area contributed by atoms with Crippen LogP contribution in [0.2, 0.25) is 0 Å². The second-order valence-corrected chi connectivity index (χ2v) is 5.89. The van der Waals surface area contributed by atoms with Crippen molar-refractivity contribution in [3.8, 4) is 0 Å². The molecule has 0 aliphatic carbocycles. The summed E-state index contributed by atoms with van der Waals surface area (Å²) in [5.74, 6) is 0. The molecule has 132 valence electrons. The standard InChI is InChI=1S/C11H12F6N2O3S/c1-2-18-23(21,22)19-8-5-3-7(4-6-8)9(20,10(12,13)14)11(15,16)17/h3-6,18-20H,2H2,1H3. The molecule has 0 atom stereocenters. The van der Waals surface area contributed by atoms with Gasteiger partial charge in [0.05, 0.1) is 0 Å². The molecule has 0 radical (unpaired) electrons. The molecule has 1 rings (SSSR count). The van der Waals surface area contributed by atoms with Crippen molar-refractivity contribution < 1.29 is 39.9 Å². The van der Waals surface area contributed by atoms with Crippen LogP contribution in [-0.2, 0) is 15.8 Å². The molecular formula is C11H12F6N2O3S. The number of aliphatic hydroxyl groups is 1. The van der Waals surface area contributed by atoms with Crippen LogP contribution in [0.1, 0.15) is 12.5 Å². The minimum absolute atomic E-state index is 0.0231. The van der Waals surface area contributed by atoms with Crippen molar-refractivity contribution in [3.63, 3.8) is 0 Å². The Morgan fingerprint density at radius 2 is 1.43 bits per heavy atom. The molecule has 0 saturated carbocycles. The first-order valence-corrected chi connectivity index (χ1v) is 7.46. The molecule has 0 unspecified atom stereocenters. The average Bonchev–Trinajstić information content (AvgIpc) is 2.35. The molecule has 0 aliphatic rings. The summed E-state index contributed by atoms with van der Waals surface area (Å²) in [6, 6.07) is 2.02. The number of nitrogens with one attached hydrogen (secondary N) is 2. The minimum atomic E-state index is -6.00. The van der Waals surface area contributed by atoms with Crippen molar-refractivity contribution in [2.24, 2.45) is 0 Å². The van der Waals surface area contributed by atoms with Crippen molar-refractivity contribution in [3.05, 3.63) is 29.8 Å². The van der Waals surface area contributed by atoms with Gasteiger partial charge in [0.2, 0.25) is 0 Å². The van der Waals surface area contributed by atoms with Gasteiger partial charge in [-0.2, -0.15) is 39.5 Å². The smallest absolute Gasteiger partial charge is 0.369 e. The van der Waals surface area contributed by atoms with Gasteiger partial charge in [0.15, 0.2) is 0 Å². The number of anilines is 1. The third kappa shape index (κ3) is 4.06. The van der Waals surface area contributed by atoms with Crippen LogP contribution < -0.4 is 9.44 Å². The SMILES string of the molecule is CCNS(=O)(=O)Nc1ccc(C(O)(C(F)(F)F)C(F)(F)F)cc1. The Hall–Kier alpha value is -1.53. The predicted molar refractivity (Wildman–Crippen MR) is 68.7 cm³/mol. The first-order valence-electron chi connectivity index (χ1n) is 5.98. The zero-order valence-corrected chi connectivity index (χ0v) is 12.3. The van der Waals surface area contributed by atoms with Crippen molar-refractivity contribution in [2.75, 3.05) is 11.3 Å². The van der Waals surface area contributed by atoms with Gasteiger partial charge in [0.25, 0.3) is 15.8 Å². The Bertz CT molecular complexity index is 625. The molecule has 1 aromatic carbocycles. The lowest BCUT2D eigenvalue weighted by atomic mass is 9.92. The summed E-state index contributed by atoms with van der Waals surface area (Å²) in [5.41, 5.74) is -6.82. The summed E-state index contributed by atoms with van der Waals surface area (Å²) in [5, 5.41) is 9.16. The first kappa shape index (κ1) is 19.5. The van der Waals surface area contributed by atoms with Gasteiger partial charge in [0.1, 0.15) is 0 Å². The lowest BCUT2D eigenvalue weighted by molar-refractivity contribution is -0.376. The number of benzene rings is 1. The van der Waals surface area contributed by atoms with Gasteiger partial charge in [-0.05, 0) is 12.1 Å². The Balaban J connectivity index is 3.21. The van der Waals surface area contributed by atoms with Crippen LogP contribution >= 0.6 is 0 Å². The molecular weight excluding hydrogens is 354 g/mol. The van der Waals surface area contributed by atoms with E-state index in [9.17, 15) is 34.8 Å². The maximum Gasteiger partial charge on any atom is 0.430 e. The number of hydrogen-bond donors (Lipinski definition) is 3. The second kappa shape index (κ2) is 6.17. The molecule has 0 spiro atoms. The molecule has 0 aromatic heterocycles. The Kier molecular flexibility index (Phi) is 5.23. The quantitative estimate of drug-likeness (QED) is 0.700. The molecule has 0 amide bonds. The number of rotatable bonds is 5. The van der Waals surface area contributed by atoms with E-state index in [4.69, 9.17) is 5.11 Å². The van der Waals surface area contributed by atoms with Gasteiger partial charge in [-0.3, -0.25) is 4.72 Å². The molecule has 0 fully saturated rings. The van der Waals surface area contributed by atoms with Crippen LogP contribution in [-0.4, -0.2) is 32.4 Å². The highest BCUT2D eigenvalue weighted by Gasteiger charge is 2.71. The lowest BCUT2D eigenvalue weighted by Crippen LogP contribution is -2.53. The molecule has 0 aliphatic heterocycles. The normalized spacial score (nSPS) is 13.9. The van der Waals surface area contributed by atoms with E-state index in [-0.39, 0.29) is 12.2 Å². The largest absolute Gasteiger partial charge is 0.430 e. The lowest BCUT2D eigenvalue weighted by Gasteiger charge is -2.32. The molecule has 23 heavy (non-hydrogen) atoms. The molecule has 12 heteroatoms. The monoisotopic (exact) mass is 366 g/mol. The van der Waals surface area contributed by atoms with E-state index in [0.29, 0.717) is 24.3 Å². The van der Waals surface area contributed by atoms with E-state index in [1.165, 1.54) is 6.92 Å². The molecule has 0 heterocycles. The summed E-state index contributed by atoms with van der Waals surface area (Å²) in [6.45, 7) is 1.49. The average molecular weight is 366 g/mol. The van der Waals surface area contributed by atoms with Crippen LogP contribution in [0.5, 0.6) is 0 Å². The predicted octanol–water partition coefficient (Wildman–Crippen LogP) is 2.26. The summed E-state index contributed by atoms with van der Waals surface area (Å²) in [7, 11) is -4.00. The van der Waals surface area contributed by atoms with E-state index in [0.717, 1.165) is 0 Å². The maximum absolute atomic E-state index is 12.7. The van der Waals surface area contributed by atoms with Crippen molar-refractivity contribution in [1.82, 2.24) is 4.72 Å². The van der Waals surface area contributed by atoms with Crippen LogP contribution in [0, 0.1) is 0 Å². The van der Waals surface area contributed by atoms with Crippen molar-refractivity contribution in [2.45, 2.75) is 24.9 Å². The fraction of sp³-hybridized carbons (Fsp3) is 0.455. The maximum atomic E-state index is 12.7. The number of halogens is 6. The van der Waals surface area contributed by atoms with E-state index >= 15 is 0 Å². The highest BCUT2D eigenvalue weighted by atomic mass is 32.2. The number of alkyl halides is 6. The molecule has 0 bridgehead atoms. The fourth-order valence-corrected chi connectivity index (χ4v) is 2.55. The molecule has 3 N–H and O–H groups in total. The fourth-order valence-electron chi connectivity index (χ4n) is 1.65. The van der Waals surface area contributed by atoms with Crippen molar-refractivity contribution in [1.29, 1.82) is 0 Å². The van der Waals surface area contributed by atoms with Gasteiger partial charge in [0, 0.05) is 17.8 Å². The van der Waals surface area contributed by atoms with E-state index in [1.54, 1.807) is 0 Å². The van der Waals surface area contributed by atoms with Gasteiger partial charge in [-0.1, -0.05) is 19.1 Å². The van der Waals surface area contributed by atoms with Gasteiger partial charge in [-0.15, -0.1) is 0 Å². The zero-order chi connectivity index (χ0) is 18.1. The Morgan fingerprint density at radius 1 is 1.00 bits per heavy atom. The summed E-state index contributed by atoms with van der Waals surface area (Å²) >= 11 is 0. The third-order valence-corrected chi connectivity index (χ3v) is 3.88. The Morgan fingerprint density at radius 3 is 1.78 bits per heavy atom. The highest BCUT2D eigenvalue weighted by Crippen LogP contribution is 2.50. The van der Waals surface area contributed by atoms with E-state index in [1.807, 2.05) is 9.44 Å².